The van der Waals surface area contributed by atoms with Crippen molar-refractivity contribution in [2.24, 2.45) is 0 Å². The molecular formula is C20H20N2O3. The molecule has 1 amide bonds. The highest BCUT2D eigenvalue weighted by Gasteiger charge is 2.24. The number of rotatable bonds is 5. The summed E-state index contributed by atoms with van der Waals surface area (Å²) in [5, 5.41) is 19.1. The van der Waals surface area contributed by atoms with Crippen molar-refractivity contribution in [1.29, 1.82) is 5.26 Å². The molecule has 1 atom stereocenters. The highest BCUT2D eigenvalue weighted by Crippen LogP contribution is 2.22. The lowest BCUT2D eigenvalue weighted by molar-refractivity contribution is 0.0506. The van der Waals surface area contributed by atoms with Gasteiger partial charge < -0.3 is 14.7 Å². The number of para-hydroxylation sites is 1. The molecule has 128 valence electrons. The summed E-state index contributed by atoms with van der Waals surface area (Å²) in [5.74, 6) is -0.00531. The molecule has 0 spiro atoms. The average molecular weight is 336 g/mol. The van der Waals surface area contributed by atoms with E-state index < -0.39 is 0 Å². The summed E-state index contributed by atoms with van der Waals surface area (Å²) in [6.45, 7) is 1.47. The van der Waals surface area contributed by atoms with Gasteiger partial charge in [-0.1, -0.05) is 24.3 Å². The molecule has 3 rings (SSSR count). The molecule has 2 aromatic carbocycles. The Morgan fingerprint density at radius 3 is 2.84 bits per heavy atom. The summed E-state index contributed by atoms with van der Waals surface area (Å²) in [7, 11) is 0. The van der Waals surface area contributed by atoms with Crippen LogP contribution in [0.25, 0.3) is 0 Å². The number of ether oxygens (including phenoxy) is 1. The first-order valence-electron chi connectivity index (χ1n) is 8.35. The number of aromatic hydroxyl groups is 1. The predicted molar refractivity (Wildman–Crippen MR) is 93.0 cm³/mol. The molecule has 1 unspecified atom stereocenters. The SMILES string of the molecule is N#Cc1cccc(C(=O)N(Cc2ccccc2O)CC2CCCO2)c1. The number of benzene rings is 2. The highest BCUT2D eigenvalue weighted by atomic mass is 16.5. The summed E-state index contributed by atoms with van der Waals surface area (Å²) < 4.78 is 5.67. The van der Waals surface area contributed by atoms with Crippen LogP contribution in [-0.4, -0.2) is 35.2 Å². The van der Waals surface area contributed by atoms with Gasteiger partial charge in [0, 0.05) is 30.8 Å². The summed E-state index contributed by atoms with van der Waals surface area (Å²) >= 11 is 0. The fraction of sp³-hybridized carbons (Fsp3) is 0.300. The summed E-state index contributed by atoms with van der Waals surface area (Å²) in [5.41, 5.74) is 1.60. The van der Waals surface area contributed by atoms with Crippen molar-refractivity contribution in [3.8, 4) is 11.8 Å². The fourth-order valence-corrected chi connectivity index (χ4v) is 3.01. The second-order valence-corrected chi connectivity index (χ2v) is 6.14. The van der Waals surface area contributed by atoms with Gasteiger partial charge in [0.05, 0.1) is 17.7 Å². The van der Waals surface area contributed by atoms with E-state index in [1.165, 1.54) is 0 Å². The average Bonchev–Trinajstić information content (AvgIpc) is 3.15. The van der Waals surface area contributed by atoms with Crippen LogP contribution in [0.15, 0.2) is 48.5 Å². The Labute approximate surface area is 147 Å². The zero-order valence-corrected chi connectivity index (χ0v) is 13.9. The molecule has 0 radical (unpaired) electrons. The van der Waals surface area contributed by atoms with E-state index in [1.807, 2.05) is 6.07 Å². The molecule has 1 saturated heterocycles. The second-order valence-electron chi connectivity index (χ2n) is 6.14. The first kappa shape index (κ1) is 17.0. The smallest absolute Gasteiger partial charge is 0.254 e. The van der Waals surface area contributed by atoms with E-state index in [1.54, 1.807) is 47.4 Å². The molecule has 0 aromatic heterocycles. The Bertz CT molecular complexity index is 792. The quantitative estimate of drug-likeness (QED) is 0.910. The Hall–Kier alpha value is -2.84. The van der Waals surface area contributed by atoms with Crippen LogP contribution in [0.3, 0.4) is 0 Å². The van der Waals surface area contributed by atoms with Gasteiger partial charge >= 0.3 is 0 Å². The van der Waals surface area contributed by atoms with Crippen LogP contribution in [0.2, 0.25) is 0 Å². The minimum absolute atomic E-state index is 0.00829. The molecule has 1 heterocycles. The molecular weight excluding hydrogens is 316 g/mol. The number of nitriles is 1. The lowest BCUT2D eigenvalue weighted by Gasteiger charge is -2.26. The first-order chi connectivity index (χ1) is 12.2. The maximum Gasteiger partial charge on any atom is 0.254 e. The van der Waals surface area contributed by atoms with Gasteiger partial charge in [0.2, 0.25) is 0 Å². The highest BCUT2D eigenvalue weighted by molar-refractivity contribution is 5.94. The van der Waals surface area contributed by atoms with Crippen LogP contribution in [0.5, 0.6) is 5.75 Å². The van der Waals surface area contributed by atoms with Crippen molar-refractivity contribution >= 4 is 5.91 Å². The predicted octanol–water partition coefficient (Wildman–Crippen LogP) is 3.09. The summed E-state index contributed by atoms with van der Waals surface area (Å²) in [6, 6.07) is 15.7. The minimum atomic E-state index is -0.171. The van der Waals surface area contributed by atoms with Crippen LogP contribution in [0.4, 0.5) is 0 Å². The Morgan fingerprint density at radius 2 is 2.12 bits per heavy atom. The molecule has 2 aromatic rings. The van der Waals surface area contributed by atoms with Gasteiger partial charge in [0.1, 0.15) is 5.75 Å². The van der Waals surface area contributed by atoms with E-state index in [4.69, 9.17) is 10.00 Å². The van der Waals surface area contributed by atoms with Gasteiger partial charge in [0.15, 0.2) is 0 Å². The van der Waals surface area contributed by atoms with Crippen molar-refractivity contribution in [3.05, 3.63) is 65.2 Å². The molecule has 0 bridgehead atoms. The van der Waals surface area contributed by atoms with Crippen molar-refractivity contribution in [1.82, 2.24) is 4.90 Å². The van der Waals surface area contributed by atoms with E-state index in [-0.39, 0.29) is 17.8 Å². The Kier molecular flexibility index (Phi) is 5.32. The maximum atomic E-state index is 13.0. The molecule has 5 nitrogen and oxygen atoms in total. The number of nitrogens with zero attached hydrogens (tertiary/aromatic N) is 2. The van der Waals surface area contributed by atoms with Gasteiger partial charge in [-0.2, -0.15) is 5.26 Å². The van der Waals surface area contributed by atoms with Crippen LogP contribution < -0.4 is 0 Å². The lowest BCUT2D eigenvalue weighted by Crippen LogP contribution is -2.37. The second kappa shape index (κ2) is 7.82. The number of hydrogen-bond acceptors (Lipinski definition) is 4. The third-order valence-electron chi connectivity index (χ3n) is 4.33. The van der Waals surface area contributed by atoms with E-state index in [0.29, 0.717) is 36.4 Å². The number of carbonyl (C=O) groups excluding carboxylic acids is 1. The molecule has 1 aliphatic rings. The van der Waals surface area contributed by atoms with Crippen molar-refractivity contribution < 1.29 is 14.6 Å². The van der Waals surface area contributed by atoms with Crippen molar-refractivity contribution in [3.63, 3.8) is 0 Å². The normalized spacial score (nSPS) is 16.4. The fourth-order valence-electron chi connectivity index (χ4n) is 3.01. The number of amides is 1. The van der Waals surface area contributed by atoms with E-state index >= 15 is 0 Å². The summed E-state index contributed by atoms with van der Waals surface area (Å²) in [4.78, 5) is 14.7. The van der Waals surface area contributed by atoms with Crippen LogP contribution in [0.1, 0.15) is 34.3 Å². The van der Waals surface area contributed by atoms with Gasteiger partial charge in [-0.05, 0) is 37.1 Å². The Balaban J connectivity index is 1.85. The molecule has 5 heteroatoms. The lowest BCUT2D eigenvalue weighted by atomic mass is 10.1. The van der Waals surface area contributed by atoms with Gasteiger partial charge in [0.25, 0.3) is 5.91 Å². The van der Waals surface area contributed by atoms with Crippen LogP contribution >= 0.6 is 0 Å². The zero-order valence-electron chi connectivity index (χ0n) is 13.9. The van der Waals surface area contributed by atoms with Gasteiger partial charge in [-0.15, -0.1) is 0 Å². The third-order valence-corrected chi connectivity index (χ3v) is 4.33. The number of phenolic OH excluding ortho intramolecular Hbond substituents is 1. The zero-order chi connectivity index (χ0) is 17.6. The van der Waals surface area contributed by atoms with E-state index in [9.17, 15) is 9.90 Å². The number of hydrogen-bond donors (Lipinski definition) is 1. The largest absolute Gasteiger partial charge is 0.508 e. The minimum Gasteiger partial charge on any atom is -0.508 e. The monoisotopic (exact) mass is 336 g/mol. The standard InChI is InChI=1S/C20H20N2O3/c21-12-15-5-3-7-16(11-15)20(24)22(14-18-8-4-10-25-18)13-17-6-1-2-9-19(17)23/h1-3,5-7,9,11,18,23H,4,8,10,13-14H2. The van der Waals surface area contributed by atoms with Crippen molar-refractivity contribution in [2.45, 2.75) is 25.5 Å². The number of carbonyl (C=O) groups is 1. The maximum absolute atomic E-state index is 13.0. The molecule has 0 saturated carbocycles. The van der Waals surface area contributed by atoms with Gasteiger partial charge in [-0.25, -0.2) is 0 Å². The topological polar surface area (TPSA) is 73.6 Å². The molecule has 0 aliphatic carbocycles. The van der Waals surface area contributed by atoms with Crippen LogP contribution in [0, 0.1) is 11.3 Å². The van der Waals surface area contributed by atoms with E-state index in [0.717, 1.165) is 12.8 Å². The molecule has 1 aliphatic heterocycles. The number of phenols is 1. The van der Waals surface area contributed by atoms with Crippen LogP contribution in [-0.2, 0) is 11.3 Å². The van der Waals surface area contributed by atoms with E-state index in [2.05, 4.69) is 6.07 Å². The first-order valence-corrected chi connectivity index (χ1v) is 8.35. The Morgan fingerprint density at radius 1 is 1.28 bits per heavy atom. The molecule has 1 N–H and O–H groups in total. The summed E-state index contributed by atoms with van der Waals surface area (Å²) in [6.07, 6.45) is 1.92. The van der Waals surface area contributed by atoms with Gasteiger partial charge in [-0.3, -0.25) is 4.79 Å². The molecule has 1 fully saturated rings. The third kappa shape index (κ3) is 4.17. The van der Waals surface area contributed by atoms with Crippen molar-refractivity contribution in [2.75, 3.05) is 13.2 Å². The molecule has 25 heavy (non-hydrogen) atoms.